The first kappa shape index (κ1) is 15.4. The second-order valence-electron chi connectivity index (χ2n) is 4.44. The molecule has 0 aliphatic carbocycles. The van der Waals surface area contributed by atoms with Crippen LogP contribution in [0, 0.1) is 13.8 Å². The van der Waals surface area contributed by atoms with Gasteiger partial charge in [0.25, 0.3) is 0 Å². The van der Waals surface area contributed by atoms with E-state index < -0.39 is 0 Å². The predicted molar refractivity (Wildman–Crippen MR) is 76.5 cm³/mol. The van der Waals surface area contributed by atoms with Crippen molar-refractivity contribution in [3.05, 3.63) is 58.7 Å². The number of phenols is 2. The number of benzene rings is 2. The summed E-state index contributed by atoms with van der Waals surface area (Å²) in [5.41, 5.74) is 2.80. The van der Waals surface area contributed by atoms with Crippen LogP contribution in [0.15, 0.2) is 36.4 Å². The first-order chi connectivity index (χ1) is 9.44. The first-order valence-electron chi connectivity index (χ1n) is 5.96. The average molecular weight is 272 g/mol. The van der Waals surface area contributed by atoms with E-state index in [0.29, 0.717) is 29.4 Å². The van der Waals surface area contributed by atoms with Crippen LogP contribution in [-0.4, -0.2) is 22.8 Å². The molecule has 4 nitrogen and oxygen atoms in total. The minimum atomic E-state index is -0.0725. The fourth-order valence-electron chi connectivity index (χ4n) is 1.75. The molecule has 2 aromatic carbocycles. The molecule has 2 rings (SSSR count). The van der Waals surface area contributed by atoms with Crippen LogP contribution in [0.5, 0.6) is 11.5 Å². The maximum Gasteiger partial charge on any atom is 0.150 e. The van der Waals surface area contributed by atoms with Crippen LogP contribution in [0.4, 0.5) is 0 Å². The Hall–Kier alpha value is -2.62. The predicted octanol–water partition coefficient (Wildman–Crippen LogP) is 3.03. The monoisotopic (exact) mass is 272 g/mol. The average Bonchev–Trinajstić information content (AvgIpc) is 2.37. The van der Waals surface area contributed by atoms with E-state index in [9.17, 15) is 9.59 Å². The Labute approximate surface area is 117 Å². The largest absolute Gasteiger partial charge is 0.508 e. The minimum Gasteiger partial charge on any atom is -0.508 e. The first-order valence-corrected chi connectivity index (χ1v) is 5.96. The third-order valence-electron chi connectivity index (χ3n) is 2.44. The molecule has 0 fully saturated rings. The lowest BCUT2D eigenvalue weighted by Gasteiger charge is -1.95. The van der Waals surface area contributed by atoms with Gasteiger partial charge in [-0.15, -0.1) is 0 Å². The smallest absolute Gasteiger partial charge is 0.150 e. The van der Waals surface area contributed by atoms with Crippen LogP contribution >= 0.6 is 0 Å². The van der Waals surface area contributed by atoms with Crippen molar-refractivity contribution in [1.82, 2.24) is 0 Å². The zero-order valence-corrected chi connectivity index (χ0v) is 11.3. The van der Waals surface area contributed by atoms with Crippen molar-refractivity contribution < 1.29 is 19.8 Å². The van der Waals surface area contributed by atoms with E-state index in [1.807, 2.05) is 19.9 Å². The number of carbonyl (C=O) groups excluding carboxylic acids is 2. The highest BCUT2D eigenvalue weighted by atomic mass is 16.3. The van der Waals surface area contributed by atoms with E-state index in [0.717, 1.165) is 11.1 Å². The van der Waals surface area contributed by atoms with Gasteiger partial charge in [0, 0.05) is 11.1 Å². The van der Waals surface area contributed by atoms with E-state index in [4.69, 9.17) is 10.2 Å². The maximum atomic E-state index is 10.2. The molecule has 0 spiro atoms. The maximum absolute atomic E-state index is 10.2. The molecule has 2 aromatic rings. The van der Waals surface area contributed by atoms with Gasteiger partial charge in [-0.2, -0.15) is 0 Å². The number of hydrogen-bond acceptors (Lipinski definition) is 4. The summed E-state index contributed by atoms with van der Waals surface area (Å²) < 4.78 is 0. The van der Waals surface area contributed by atoms with E-state index in [-0.39, 0.29) is 5.75 Å². The van der Waals surface area contributed by atoms with Crippen molar-refractivity contribution >= 4 is 12.6 Å². The number of aryl methyl sites for hydroxylation is 2. The highest BCUT2D eigenvalue weighted by Crippen LogP contribution is 2.13. The Morgan fingerprint density at radius 3 is 1.45 bits per heavy atom. The van der Waals surface area contributed by atoms with Gasteiger partial charge in [0.1, 0.15) is 24.1 Å². The van der Waals surface area contributed by atoms with Gasteiger partial charge in [-0.05, 0) is 55.3 Å². The van der Waals surface area contributed by atoms with Crippen LogP contribution < -0.4 is 0 Å². The summed E-state index contributed by atoms with van der Waals surface area (Å²) in [5.74, 6) is 0.282. The quantitative estimate of drug-likeness (QED) is 0.824. The normalized spacial score (nSPS) is 9.30. The SMILES string of the molecule is Cc1cc(C)cc(O)c1.O=Cc1cc(O)cc(C=O)c1. The summed E-state index contributed by atoms with van der Waals surface area (Å²) in [7, 11) is 0. The number of carbonyl (C=O) groups is 2. The van der Waals surface area contributed by atoms with E-state index in [1.165, 1.54) is 18.2 Å². The fraction of sp³-hybridized carbons (Fsp3) is 0.125. The molecule has 0 atom stereocenters. The minimum absolute atomic E-state index is 0.0725. The van der Waals surface area contributed by atoms with Crippen molar-refractivity contribution in [2.24, 2.45) is 0 Å². The molecule has 0 heterocycles. The third kappa shape index (κ3) is 4.94. The summed E-state index contributed by atoms with van der Waals surface area (Å²) in [4.78, 5) is 20.4. The lowest BCUT2D eigenvalue weighted by Crippen LogP contribution is -1.84. The zero-order chi connectivity index (χ0) is 15.1. The molecule has 104 valence electrons. The summed E-state index contributed by atoms with van der Waals surface area (Å²) in [6.07, 6.45) is 1.15. The Balaban J connectivity index is 0.000000204. The van der Waals surface area contributed by atoms with Gasteiger partial charge < -0.3 is 10.2 Å². The summed E-state index contributed by atoms with van der Waals surface area (Å²) in [5, 5.41) is 17.9. The number of phenolic OH excluding ortho intramolecular Hbond substituents is 2. The number of aromatic hydroxyl groups is 2. The summed E-state index contributed by atoms with van der Waals surface area (Å²) >= 11 is 0. The molecule has 0 bridgehead atoms. The topological polar surface area (TPSA) is 74.6 Å². The zero-order valence-electron chi connectivity index (χ0n) is 11.3. The molecule has 0 aromatic heterocycles. The van der Waals surface area contributed by atoms with Crippen molar-refractivity contribution in [2.45, 2.75) is 13.8 Å². The van der Waals surface area contributed by atoms with Gasteiger partial charge in [-0.25, -0.2) is 0 Å². The van der Waals surface area contributed by atoms with Crippen LogP contribution in [0.2, 0.25) is 0 Å². The number of aldehydes is 2. The van der Waals surface area contributed by atoms with Crippen LogP contribution in [0.1, 0.15) is 31.8 Å². The van der Waals surface area contributed by atoms with Gasteiger partial charge in [-0.1, -0.05) is 6.07 Å². The number of hydrogen-bond donors (Lipinski definition) is 2. The van der Waals surface area contributed by atoms with Crippen LogP contribution in [-0.2, 0) is 0 Å². The van der Waals surface area contributed by atoms with Crippen molar-refractivity contribution in [1.29, 1.82) is 0 Å². The van der Waals surface area contributed by atoms with E-state index in [1.54, 1.807) is 12.1 Å². The highest BCUT2D eigenvalue weighted by molar-refractivity contribution is 5.82. The Bertz CT molecular complexity index is 541. The Morgan fingerprint density at radius 1 is 0.700 bits per heavy atom. The molecule has 0 aliphatic heterocycles. The molecule has 0 unspecified atom stereocenters. The molecule has 0 aliphatic rings. The fourth-order valence-corrected chi connectivity index (χ4v) is 1.75. The molecule has 0 saturated heterocycles. The molecule has 0 saturated carbocycles. The standard InChI is InChI=1S/C8H6O3.C8H10O/c9-4-6-1-7(5-10)3-8(11)2-6;1-6-3-7(2)5-8(9)4-6/h1-5,11H;3-5,9H,1-2H3. The van der Waals surface area contributed by atoms with E-state index >= 15 is 0 Å². The molecule has 20 heavy (non-hydrogen) atoms. The van der Waals surface area contributed by atoms with Crippen LogP contribution in [0.3, 0.4) is 0 Å². The Kier molecular flexibility index (Phi) is 5.47. The van der Waals surface area contributed by atoms with Crippen molar-refractivity contribution in [3.8, 4) is 11.5 Å². The lowest BCUT2D eigenvalue weighted by atomic mass is 10.1. The number of rotatable bonds is 2. The second-order valence-corrected chi connectivity index (χ2v) is 4.44. The molecule has 0 radical (unpaired) electrons. The van der Waals surface area contributed by atoms with E-state index in [2.05, 4.69) is 0 Å². The van der Waals surface area contributed by atoms with Gasteiger partial charge in [0.2, 0.25) is 0 Å². The summed E-state index contributed by atoms with van der Waals surface area (Å²) in [6.45, 7) is 3.93. The Morgan fingerprint density at radius 2 is 1.10 bits per heavy atom. The molecular formula is C16H16O4. The van der Waals surface area contributed by atoms with Gasteiger partial charge in [-0.3, -0.25) is 9.59 Å². The highest BCUT2D eigenvalue weighted by Gasteiger charge is 1.96. The molecule has 4 heteroatoms. The third-order valence-corrected chi connectivity index (χ3v) is 2.44. The molecule has 0 amide bonds. The summed E-state index contributed by atoms with van der Waals surface area (Å²) in [6, 6.07) is 9.50. The lowest BCUT2D eigenvalue weighted by molar-refractivity contribution is 0.112. The van der Waals surface area contributed by atoms with Crippen molar-refractivity contribution in [3.63, 3.8) is 0 Å². The van der Waals surface area contributed by atoms with Crippen molar-refractivity contribution in [2.75, 3.05) is 0 Å². The van der Waals surface area contributed by atoms with Gasteiger partial charge >= 0.3 is 0 Å². The van der Waals surface area contributed by atoms with Crippen LogP contribution in [0.25, 0.3) is 0 Å². The molecule has 2 N–H and O–H groups in total. The van der Waals surface area contributed by atoms with Gasteiger partial charge in [0.15, 0.2) is 0 Å². The van der Waals surface area contributed by atoms with Gasteiger partial charge in [0.05, 0.1) is 0 Å². The molecular weight excluding hydrogens is 256 g/mol. The second kappa shape index (κ2) is 7.09.